The van der Waals surface area contributed by atoms with Crippen molar-refractivity contribution in [1.29, 1.82) is 0 Å². The summed E-state index contributed by atoms with van der Waals surface area (Å²) in [7, 11) is 0. The molecule has 11 heavy (non-hydrogen) atoms. The predicted octanol–water partition coefficient (Wildman–Crippen LogP) is -1.22. The van der Waals surface area contributed by atoms with Gasteiger partial charge in [0.05, 0.1) is 0 Å². The molecule has 1 unspecified atom stereocenters. The average molecular weight is 194 g/mol. The van der Waals surface area contributed by atoms with Gasteiger partial charge in [-0.25, -0.2) is 0 Å². The summed E-state index contributed by atoms with van der Waals surface area (Å²) in [5.41, 5.74) is -1.10. The summed E-state index contributed by atoms with van der Waals surface area (Å²) >= 11 is 0. The van der Waals surface area contributed by atoms with Crippen molar-refractivity contribution < 1.29 is 69.4 Å². The van der Waals surface area contributed by atoms with Gasteiger partial charge in [-0.15, -0.1) is 0 Å². The molecule has 0 bridgehead atoms. The number of rotatable bonds is 1. The maximum Gasteiger partial charge on any atom is 1.00 e. The Morgan fingerprint density at radius 3 is 1.45 bits per heavy atom. The van der Waals surface area contributed by atoms with Crippen LogP contribution in [-0.2, 0) is 0 Å². The van der Waals surface area contributed by atoms with E-state index in [1.165, 1.54) is 20.8 Å². The Bertz CT molecular complexity index is 106. The maximum atomic E-state index is 11.8. The summed E-state index contributed by atoms with van der Waals surface area (Å²) in [6.45, 7) is -1.04. The van der Waals surface area contributed by atoms with Gasteiger partial charge in [-0.2, -0.15) is 0 Å². The number of aliphatic hydroxyl groups excluding tert-OH is 1. The molecule has 0 amide bonds. The molecule has 0 aliphatic rings. The molecule has 0 aliphatic carbocycles. The molecule has 0 fully saturated rings. The third-order valence-corrected chi connectivity index (χ3v) is 1.25. The van der Waals surface area contributed by atoms with E-state index in [1.807, 2.05) is 0 Å². The molecule has 0 aromatic heterocycles. The molecular formula is C5H11BF3KO. The maximum absolute atomic E-state index is 11.8. The second kappa shape index (κ2) is 4.62. The summed E-state index contributed by atoms with van der Waals surface area (Å²) in [6, 6.07) is -2.17. The van der Waals surface area contributed by atoms with Crippen LogP contribution in [0.15, 0.2) is 0 Å². The monoisotopic (exact) mass is 194 g/mol. The van der Waals surface area contributed by atoms with E-state index >= 15 is 0 Å². The summed E-state index contributed by atoms with van der Waals surface area (Å²) in [6.07, 6.45) is 0. The van der Waals surface area contributed by atoms with E-state index in [-0.39, 0.29) is 51.4 Å². The van der Waals surface area contributed by atoms with Crippen LogP contribution in [0, 0.1) is 5.41 Å². The quantitative estimate of drug-likeness (QED) is 0.519. The van der Waals surface area contributed by atoms with Crippen molar-refractivity contribution in [2.75, 3.05) is 0 Å². The first-order chi connectivity index (χ1) is 4.15. The molecule has 1 atom stereocenters. The van der Waals surface area contributed by atoms with Gasteiger partial charge < -0.3 is 18.1 Å². The fourth-order valence-electron chi connectivity index (χ4n) is 0.567. The molecule has 0 aliphatic heterocycles. The molecule has 0 rings (SSSR count). The minimum Gasteiger partial charge on any atom is -0.447 e. The summed E-state index contributed by atoms with van der Waals surface area (Å²) in [5, 5.41) is 8.62. The molecule has 0 heterocycles. The zero-order valence-corrected chi connectivity index (χ0v) is 10.4. The average Bonchev–Trinajstić information content (AvgIpc) is 1.59. The molecular weight excluding hydrogens is 183 g/mol. The Kier molecular flexibility index (Phi) is 6.28. The molecule has 62 valence electrons. The molecule has 6 heteroatoms. The SMILES string of the molecule is CC(C)(C)C(O)[B-](F)(F)F.[K+]. The molecule has 0 aromatic rings. The molecule has 1 nitrogen and oxygen atoms in total. The first kappa shape index (κ1) is 14.9. The smallest absolute Gasteiger partial charge is 0.447 e. The summed E-state index contributed by atoms with van der Waals surface area (Å²) < 4.78 is 35.3. The van der Waals surface area contributed by atoms with Gasteiger partial charge in [-0.3, -0.25) is 0 Å². The van der Waals surface area contributed by atoms with Gasteiger partial charge in [0.15, 0.2) is 0 Å². The van der Waals surface area contributed by atoms with E-state index in [1.54, 1.807) is 0 Å². The van der Waals surface area contributed by atoms with E-state index < -0.39 is 18.4 Å². The Morgan fingerprint density at radius 1 is 1.18 bits per heavy atom. The van der Waals surface area contributed by atoms with Crippen LogP contribution in [0.3, 0.4) is 0 Å². The normalized spacial score (nSPS) is 15.5. The van der Waals surface area contributed by atoms with Crippen LogP contribution in [0.4, 0.5) is 12.9 Å². The first-order valence-electron chi connectivity index (χ1n) is 3.03. The zero-order valence-electron chi connectivity index (χ0n) is 7.24. The van der Waals surface area contributed by atoms with E-state index in [2.05, 4.69) is 0 Å². The number of hydrogen-bond donors (Lipinski definition) is 1. The predicted molar refractivity (Wildman–Crippen MR) is 34.5 cm³/mol. The second-order valence-corrected chi connectivity index (χ2v) is 3.44. The Labute approximate surface area is 107 Å². The molecule has 0 saturated heterocycles. The minimum absolute atomic E-state index is 0. The van der Waals surface area contributed by atoms with Gasteiger partial charge in [0.25, 0.3) is 0 Å². The van der Waals surface area contributed by atoms with Crippen LogP contribution in [0.25, 0.3) is 0 Å². The fraction of sp³-hybridized carbons (Fsp3) is 1.00. The van der Waals surface area contributed by atoms with Crippen molar-refractivity contribution in [2.45, 2.75) is 26.8 Å². The zero-order chi connectivity index (χ0) is 8.58. The van der Waals surface area contributed by atoms with Crippen LogP contribution in [0.5, 0.6) is 0 Å². The van der Waals surface area contributed by atoms with Crippen molar-refractivity contribution in [2.24, 2.45) is 5.41 Å². The van der Waals surface area contributed by atoms with E-state index in [0.717, 1.165) is 0 Å². The minimum atomic E-state index is -5.10. The number of halogens is 3. The number of hydrogen-bond acceptors (Lipinski definition) is 1. The Hall–Kier alpha value is 1.45. The van der Waals surface area contributed by atoms with Crippen LogP contribution < -0.4 is 51.4 Å². The van der Waals surface area contributed by atoms with Crippen molar-refractivity contribution in [3.8, 4) is 0 Å². The molecule has 1 N–H and O–H groups in total. The molecule has 0 aromatic carbocycles. The summed E-state index contributed by atoms with van der Waals surface area (Å²) in [5.74, 6) is 0. The third-order valence-electron chi connectivity index (χ3n) is 1.25. The fourth-order valence-corrected chi connectivity index (χ4v) is 0.567. The van der Waals surface area contributed by atoms with E-state index in [9.17, 15) is 12.9 Å². The van der Waals surface area contributed by atoms with Crippen LogP contribution in [-0.4, -0.2) is 18.1 Å². The van der Waals surface area contributed by atoms with E-state index in [4.69, 9.17) is 5.11 Å². The first-order valence-corrected chi connectivity index (χ1v) is 3.03. The van der Waals surface area contributed by atoms with Crippen molar-refractivity contribution in [3.63, 3.8) is 0 Å². The van der Waals surface area contributed by atoms with Crippen molar-refractivity contribution >= 4 is 6.98 Å². The topological polar surface area (TPSA) is 20.2 Å². The van der Waals surface area contributed by atoms with Crippen LogP contribution >= 0.6 is 0 Å². The van der Waals surface area contributed by atoms with Gasteiger partial charge in [-0.1, -0.05) is 20.8 Å². The molecule has 0 spiro atoms. The largest absolute Gasteiger partial charge is 1.00 e. The Balaban J connectivity index is 0. The van der Waals surface area contributed by atoms with Gasteiger partial charge in [0.1, 0.15) is 0 Å². The van der Waals surface area contributed by atoms with Gasteiger partial charge in [0.2, 0.25) is 0 Å². The van der Waals surface area contributed by atoms with E-state index in [0.29, 0.717) is 0 Å². The second-order valence-electron chi connectivity index (χ2n) is 3.44. The van der Waals surface area contributed by atoms with Gasteiger partial charge in [0, 0.05) is 6.00 Å². The van der Waals surface area contributed by atoms with Gasteiger partial charge in [-0.05, 0) is 5.41 Å². The molecule has 0 radical (unpaired) electrons. The number of aliphatic hydroxyl groups is 1. The van der Waals surface area contributed by atoms with Crippen LogP contribution in [0.2, 0.25) is 0 Å². The standard InChI is InChI=1S/C5H11BF3O.K/c1-5(2,3)4(10)6(7,8)9;/h4,10H,1-3H3;/q-1;+1. The third kappa shape index (κ3) is 5.65. The van der Waals surface area contributed by atoms with Crippen LogP contribution in [0.1, 0.15) is 20.8 Å². The van der Waals surface area contributed by atoms with Crippen molar-refractivity contribution in [3.05, 3.63) is 0 Å². The van der Waals surface area contributed by atoms with Crippen molar-refractivity contribution in [1.82, 2.24) is 0 Å². The van der Waals surface area contributed by atoms with Gasteiger partial charge >= 0.3 is 58.4 Å². The summed E-state index contributed by atoms with van der Waals surface area (Å²) in [4.78, 5) is 0. The molecule has 0 saturated carbocycles. The Morgan fingerprint density at radius 2 is 1.45 bits per heavy atom.